The zero-order valence-electron chi connectivity index (χ0n) is 11.7. The first kappa shape index (κ1) is 13.2. The Morgan fingerprint density at radius 1 is 1.25 bits per heavy atom. The van der Waals surface area contributed by atoms with Crippen LogP contribution in [0.15, 0.2) is 36.7 Å². The minimum atomic E-state index is 0.137. The quantitative estimate of drug-likeness (QED) is 0.924. The van der Waals surface area contributed by atoms with Gasteiger partial charge in [0.25, 0.3) is 0 Å². The molecule has 0 saturated heterocycles. The van der Waals surface area contributed by atoms with Gasteiger partial charge in [-0.25, -0.2) is 0 Å². The Balaban J connectivity index is 1.58. The molecule has 1 aliphatic heterocycles. The van der Waals surface area contributed by atoms with E-state index < -0.39 is 0 Å². The van der Waals surface area contributed by atoms with Crippen LogP contribution in [0.4, 0.5) is 0 Å². The van der Waals surface area contributed by atoms with E-state index in [1.54, 1.807) is 6.20 Å². The van der Waals surface area contributed by atoms with Crippen LogP contribution >= 0.6 is 0 Å². The molecule has 0 fully saturated rings. The highest BCUT2D eigenvalue weighted by Gasteiger charge is 2.19. The number of hydrogen-bond donors (Lipinski definition) is 1. The molecule has 2 aromatic rings. The first-order chi connectivity index (χ1) is 9.83. The zero-order chi connectivity index (χ0) is 13.8. The van der Waals surface area contributed by atoms with Crippen LogP contribution in [0, 0.1) is 6.92 Å². The molecule has 1 N–H and O–H groups in total. The molecule has 1 aromatic carbocycles. The number of aromatic nitrogens is 2. The summed E-state index contributed by atoms with van der Waals surface area (Å²) < 4.78 is 5.86. The molecule has 1 atom stereocenters. The van der Waals surface area contributed by atoms with Crippen LogP contribution < -0.4 is 5.32 Å². The molecule has 0 saturated carbocycles. The standard InChI is InChI=1S/C16H19N3O/c1-12-8-19-14(10-18-12)9-17-11-16-15-5-3-2-4-13(15)6-7-20-16/h2-5,8,10,16-17H,6-7,9,11H2,1H3. The first-order valence-electron chi connectivity index (χ1n) is 7.00. The normalized spacial score (nSPS) is 17.8. The predicted octanol–water partition coefficient (Wildman–Crippen LogP) is 2.19. The molecular weight excluding hydrogens is 250 g/mol. The fraction of sp³-hybridized carbons (Fsp3) is 0.375. The van der Waals surface area contributed by atoms with Gasteiger partial charge in [-0.1, -0.05) is 24.3 Å². The summed E-state index contributed by atoms with van der Waals surface area (Å²) in [7, 11) is 0. The van der Waals surface area contributed by atoms with Crippen molar-refractivity contribution in [2.45, 2.75) is 26.0 Å². The van der Waals surface area contributed by atoms with Crippen LogP contribution in [-0.2, 0) is 17.7 Å². The third-order valence-corrected chi connectivity index (χ3v) is 3.56. The zero-order valence-corrected chi connectivity index (χ0v) is 11.7. The summed E-state index contributed by atoms with van der Waals surface area (Å²) in [5.74, 6) is 0. The molecule has 1 aromatic heterocycles. The van der Waals surface area contributed by atoms with Crippen LogP contribution in [0.3, 0.4) is 0 Å². The fourth-order valence-electron chi connectivity index (χ4n) is 2.49. The third kappa shape index (κ3) is 3.03. The van der Waals surface area contributed by atoms with Crippen molar-refractivity contribution in [3.05, 3.63) is 59.2 Å². The molecule has 20 heavy (non-hydrogen) atoms. The molecule has 4 nitrogen and oxygen atoms in total. The van der Waals surface area contributed by atoms with Gasteiger partial charge in [0.1, 0.15) is 0 Å². The lowest BCUT2D eigenvalue weighted by molar-refractivity contribution is 0.0423. The van der Waals surface area contributed by atoms with Gasteiger partial charge < -0.3 is 10.1 Å². The summed E-state index contributed by atoms with van der Waals surface area (Å²) in [5, 5.41) is 3.40. The highest BCUT2D eigenvalue weighted by Crippen LogP contribution is 2.26. The molecule has 0 amide bonds. The van der Waals surface area contributed by atoms with E-state index >= 15 is 0 Å². The summed E-state index contributed by atoms with van der Waals surface area (Å²) in [6.07, 6.45) is 4.76. The van der Waals surface area contributed by atoms with Crippen molar-refractivity contribution in [1.29, 1.82) is 0 Å². The van der Waals surface area contributed by atoms with Crippen molar-refractivity contribution >= 4 is 0 Å². The number of benzene rings is 1. The van der Waals surface area contributed by atoms with E-state index in [-0.39, 0.29) is 6.10 Å². The summed E-state index contributed by atoms with van der Waals surface area (Å²) in [6.45, 7) is 4.26. The Hall–Kier alpha value is -1.78. The number of nitrogens with zero attached hydrogens (tertiary/aromatic N) is 2. The first-order valence-corrected chi connectivity index (χ1v) is 7.00. The molecule has 1 unspecified atom stereocenters. The molecule has 0 spiro atoms. The Kier molecular flexibility index (Phi) is 4.04. The molecule has 0 radical (unpaired) electrons. The SMILES string of the molecule is Cc1cnc(CNCC2OCCc3ccccc32)cn1. The molecule has 3 rings (SSSR count). The van der Waals surface area contributed by atoms with Crippen molar-refractivity contribution in [1.82, 2.24) is 15.3 Å². The van der Waals surface area contributed by atoms with Gasteiger partial charge in [-0.3, -0.25) is 9.97 Å². The molecule has 2 heterocycles. The van der Waals surface area contributed by atoms with Crippen LogP contribution in [-0.4, -0.2) is 23.1 Å². The number of fused-ring (bicyclic) bond motifs is 1. The largest absolute Gasteiger partial charge is 0.372 e. The molecule has 0 aliphatic carbocycles. The highest BCUT2D eigenvalue weighted by molar-refractivity contribution is 5.31. The van der Waals surface area contributed by atoms with Gasteiger partial charge in [-0.2, -0.15) is 0 Å². The number of ether oxygens (including phenoxy) is 1. The summed E-state index contributed by atoms with van der Waals surface area (Å²) in [6, 6.07) is 8.52. The average Bonchev–Trinajstić information content (AvgIpc) is 2.49. The molecule has 104 valence electrons. The van der Waals surface area contributed by atoms with Crippen molar-refractivity contribution in [2.24, 2.45) is 0 Å². The van der Waals surface area contributed by atoms with E-state index in [2.05, 4.69) is 39.6 Å². The Morgan fingerprint density at radius 3 is 3.00 bits per heavy atom. The van der Waals surface area contributed by atoms with E-state index in [1.807, 2.05) is 13.1 Å². The second kappa shape index (κ2) is 6.11. The number of aryl methyl sites for hydroxylation is 1. The lowest BCUT2D eigenvalue weighted by Crippen LogP contribution is -2.27. The van der Waals surface area contributed by atoms with Gasteiger partial charge in [0.05, 0.1) is 24.1 Å². The van der Waals surface area contributed by atoms with Crippen molar-refractivity contribution in [3.8, 4) is 0 Å². The number of hydrogen-bond acceptors (Lipinski definition) is 4. The maximum atomic E-state index is 5.86. The maximum Gasteiger partial charge on any atom is 0.0952 e. The maximum absolute atomic E-state index is 5.86. The van der Waals surface area contributed by atoms with Crippen LogP contribution in [0.2, 0.25) is 0 Å². The number of nitrogens with one attached hydrogen (secondary N) is 1. The van der Waals surface area contributed by atoms with Crippen molar-refractivity contribution < 1.29 is 4.74 Å². The highest BCUT2D eigenvalue weighted by atomic mass is 16.5. The van der Waals surface area contributed by atoms with Crippen LogP contribution in [0.5, 0.6) is 0 Å². The van der Waals surface area contributed by atoms with Crippen molar-refractivity contribution in [2.75, 3.05) is 13.2 Å². The Labute approximate surface area is 119 Å². The Morgan fingerprint density at radius 2 is 2.15 bits per heavy atom. The third-order valence-electron chi connectivity index (χ3n) is 3.56. The molecule has 1 aliphatic rings. The lowest BCUT2D eigenvalue weighted by atomic mass is 9.97. The fourth-order valence-corrected chi connectivity index (χ4v) is 2.49. The molecule has 4 heteroatoms. The lowest BCUT2D eigenvalue weighted by Gasteiger charge is -2.26. The predicted molar refractivity (Wildman–Crippen MR) is 77.3 cm³/mol. The van der Waals surface area contributed by atoms with E-state index in [1.165, 1.54) is 11.1 Å². The second-order valence-corrected chi connectivity index (χ2v) is 5.09. The minimum Gasteiger partial charge on any atom is -0.372 e. The topological polar surface area (TPSA) is 47.0 Å². The summed E-state index contributed by atoms with van der Waals surface area (Å²) in [5.41, 5.74) is 4.61. The van der Waals surface area contributed by atoms with E-state index in [0.717, 1.165) is 37.5 Å². The molecule has 0 bridgehead atoms. The summed E-state index contributed by atoms with van der Waals surface area (Å²) in [4.78, 5) is 8.59. The van der Waals surface area contributed by atoms with Gasteiger partial charge in [0, 0.05) is 25.5 Å². The van der Waals surface area contributed by atoms with Crippen molar-refractivity contribution in [3.63, 3.8) is 0 Å². The van der Waals surface area contributed by atoms with Gasteiger partial charge in [-0.15, -0.1) is 0 Å². The van der Waals surface area contributed by atoms with Gasteiger partial charge in [0.15, 0.2) is 0 Å². The van der Waals surface area contributed by atoms with E-state index in [4.69, 9.17) is 4.74 Å². The Bertz CT molecular complexity index is 568. The van der Waals surface area contributed by atoms with Gasteiger partial charge in [-0.05, 0) is 24.5 Å². The smallest absolute Gasteiger partial charge is 0.0952 e. The van der Waals surface area contributed by atoms with E-state index in [9.17, 15) is 0 Å². The van der Waals surface area contributed by atoms with Gasteiger partial charge in [0.2, 0.25) is 0 Å². The average molecular weight is 269 g/mol. The monoisotopic (exact) mass is 269 g/mol. The van der Waals surface area contributed by atoms with Gasteiger partial charge >= 0.3 is 0 Å². The van der Waals surface area contributed by atoms with E-state index in [0.29, 0.717) is 0 Å². The second-order valence-electron chi connectivity index (χ2n) is 5.09. The summed E-state index contributed by atoms with van der Waals surface area (Å²) >= 11 is 0. The molecular formula is C16H19N3O. The van der Waals surface area contributed by atoms with Crippen LogP contribution in [0.1, 0.15) is 28.6 Å². The number of rotatable bonds is 4. The minimum absolute atomic E-state index is 0.137. The van der Waals surface area contributed by atoms with Crippen LogP contribution in [0.25, 0.3) is 0 Å².